The fourth-order valence-corrected chi connectivity index (χ4v) is 2.52. The minimum atomic E-state index is 0.00584. The molecular weight excluding hydrogens is 324 g/mol. The van der Waals surface area contributed by atoms with Crippen molar-refractivity contribution in [1.29, 1.82) is 0 Å². The lowest BCUT2D eigenvalue weighted by molar-refractivity contribution is 0.104. The third-order valence-electron chi connectivity index (χ3n) is 4.07. The predicted molar refractivity (Wildman–Crippen MR) is 108 cm³/mol. The van der Waals surface area contributed by atoms with Crippen molar-refractivity contribution in [3.63, 3.8) is 0 Å². The summed E-state index contributed by atoms with van der Waals surface area (Å²) in [4.78, 5) is 14.5. The third-order valence-corrected chi connectivity index (χ3v) is 4.07. The Morgan fingerprint density at radius 1 is 1.08 bits per heavy atom. The molecule has 2 rings (SSSR count). The Balaban J connectivity index is 1.82. The van der Waals surface area contributed by atoms with Crippen molar-refractivity contribution in [2.75, 3.05) is 34.3 Å². The molecule has 0 aliphatic rings. The second kappa shape index (κ2) is 10.5. The molecule has 2 aromatic carbocycles. The lowest BCUT2D eigenvalue weighted by Crippen LogP contribution is -2.21. The van der Waals surface area contributed by atoms with Gasteiger partial charge in [-0.3, -0.25) is 4.79 Å². The number of nitrogens with zero attached hydrogens (tertiary/aromatic N) is 1. The van der Waals surface area contributed by atoms with Gasteiger partial charge in [-0.05, 0) is 62.9 Å². The number of ether oxygens (including phenoxy) is 1. The molecule has 0 saturated carbocycles. The van der Waals surface area contributed by atoms with Gasteiger partial charge in [0.05, 0.1) is 7.11 Å². The highest BCUT2D eigenvalue weighted by atomic mass is 16.5. The van der Waals surface area contributed by atoms with E-state index in [-0.39, 0.29) is 5.78 Å². The number of carbonyl (C=O) groups is 1. The monoisotopic (exact) mass is 352 g/mol. The van der Waals surface area contributed by atoms with E-state index in [1.165, 1.54) is 5.56 Å². The lowest BCUT2D eigenvalue weighted by Gasteiger charge is -2.10. The van der Waals surface area contributed by atoms with Crippen LogP contribution in [0.25, 0.3) is 6.08 Å². The first kappa shape index (κ1) is 19.9. The van der Waals surface area contributed by atoms with Crippen LogP contribution in [0, 0.1) is 0 Å². The van der Waals surface area contributed by atoms with Gasteiger partial charge in [0.2, 0.25) is 0 Å². The molecule has 0 aliphatic carbocycles. The number of methoxy groups -OCH3 is 1. The largest absolute Gasteiger partial charge is 0.497 e. The maximum Gasteiger partial charge on any atom is 0.185 e. The summed E-state index contributed by atoms with van der Waals surface area (Å²) in [5.41, 5.74) is 2.86. The number of hydrogen-bond acceptors (Lipinski definition) is 4. The van der Waals surface area contributed by atoms with E-state index in [9.17, 15) is 4.79 Å². The van der Waals surface area contributed by atoms with E-state index in [0.29, 0.717) is 5.56 Å². The van der Waals surface area contributed by atoms with Crippen LogP contribution >= 0.6 is 0 Å². The molecule has 0 bridgehead atoms. The van der Waals surface area contributed by atoms with Gasteiger partial charge < -0.3 is 15.0 Å². The van der Waals surface area contributed by atoms with Gasteiger partial charge in [-0.2, -0.15) is 0 Å². The van der Waals surface area contributed by atoms with Gasteiger partial charge in [0, 0.05) is 12.1 Å². The van der Waals surface area contributed by atoms with E-state index < -0.39 is 0 Å². The molecule has 26 heavy (non-hydrogen) atoms. The van der Waals surface area contributed by atoms with Gasteiger partial charge in [0.25, 0.3) is 0 Å². The first-order valence-electron chi connectivity index (χ1n) is 8.89. The standard InChI is InChI=1S/C22H28N2O2/c1-24(2)16-4-15-23-17-19-5-10-20(11-6-19)22(25)14-9-18-7-12-21(26-3)13-8-18/h5-14,23H,4,15-17H2,1-3H3. The number of carbonyl (C=O) groups excluding carboxylic acids is 1. The van der Waals surface area contributed by atoms with Crippen LogP contribution in [0.2, 0.25) is 0 Å². The van der Waals surface area contributed by atoms with Gasteiger partial charge in [-0.25, -0.2) is 0 Å². The Bertz CT molecular complexity index is 704. The fraction of sp³-hybridized carbons (Fsp3) is 0.318. The Labute approximate surface area is 156 Å². The van der Waals surface area contributed by atoms with Gasteiger partial charge in [-0.15, -0.1) is 0 Å². The summed E-state index contributed by atoms with van der Waals surface area (Å²) in [6, 6.07) is 15.4. The molecule has 0 heterocycles. The average molecular weight is 352 g/mol. The summed E-state index contributed by atoms with van der Waals surface area (Å²) in [6.45, 7) is 2.90. The summed E-state index contributed by atoms with van der Waals surface area (Å²) in [5.74, 6) is 0.811. The summed E-state index contributed by atoms with van der Waals surface area (Å²) in [7, 11) is 5.80. The Morgan fingerprint density at radius 3 is 2.38 bits per heavy atom. The number of allylic oxidation sites excluding steroid dienone is 1. The number of ketones is 1. The van der Waals surface area contributed by atoms with Crippen LogP contribution in [0.3, 0.4) is 0 Å². The van der Waals surface area contributed by atoms with E-state index in [4.69, 9.17) is 4.74 Å². The summed E-state index contributed by atoms with van der Waals surface area (Å²) in [5, 5.41) is 3.43. The van der Waals surface area contributed by atoms with Crippen LogP contribution in [0.4, 0.5) is 0 Å². The highest BCUT2D eigenvalue weighted by molar-refractivity contribution is 6.06. The molecule has 0 saturated heterocycles. The minimum absolute atomic E-state index is 0.00584. The van der Waals surface area contributed by atoms with Crippen molar-refractivity contribution >= 4 is 11.9 Å². The number of nitrogens with one attached hydrogen (secondary N) is 1. The van der Waals surface area contributed by atoms with Gasteiger partial charge in [-0.1, -0.05) is 42.5 Å². The second-order valence-corrected chi connectivity index (χ2v) is 6.50. The molecular formula is C22H28N2O2. The first-order valence-corrected chi connectivity index (χ1v) is 8.89. The summed E-state index contributed by atoms with van der Waals surface area (Å²) < 4.78 is 5.13. The van der Waals surface area contributed by atoms with Crippen molar-refractivity contribution in [3.05, 3.63) is 71.3 Å². The average Bonchev–Trinajstić information content (AvgIpc) is 2.66. The SMILES string of the molecule is COc1ccc(C=CC(=O)c2ccc(CNCCCN(C)C)cc2)cc1. The molecule has 0 spiro atoms. The van der Waals surface area contributed by atoms with Crippen molar-refractivity contribution < 1.29 is 9.53 Å². The lowest BCUT2D eigenvalue weighted by atomic mass is 10.1. The third kappa shape index (κ3) is 6.82. The van der Waals surface area contributed by atoms with Crippen molar-refractivity contribution in [2.24, 2.45) is 0 Å². The maximum absolute atomic E-state index is 12.3. The zero-order valence-electron chi connectivity index (χ0n) is 15.9. The topological polar surface area (TPSA) is 41.6 Å². The van der Waals surface area contributed by atoms with E-state index in [0.717, 1.165) is 37.4 Å². The minimum Gasteiger partial charge on any atom is -0.497 e. The number of rotatable bonds is 10. The molecule has 0 fully saturated rings. The van der Waals surface area contributed by atoms with Gasteiger partial charge >= 0.3 is 0 Å². The molecule has 1 N–H and O–H groups in total. The molecule has 0 aromatic heterocycles. The quantitative estimate of drug-likeness (QED) is 0.403. The molecule has 2 aromatic rings. The first-order chi connectivity index (χ1) is 12.6. The van der Waals surface area contributed by atoms with Crippen LogP contribution < -0.4 is 10.1 Å². The van der Waals surface area contributed by atoms with E-state index in [1.54, 1.807) is 13.2 Å². The highest BCUT2D eigenvalue weighted by Gasteiger charge is 2.02. The molecule has 4 nitrogen and oxygen atoms in total. The summed E-state index contributed by atoms with van der Waals surface area (Å²) in [6.07, 6.45) is 4.55. The molecule has 0 aliphatic heterocycles. The van der Waals surface area contributed by atoms with Crippen LogP contribution in [0.15, 0.2) is 54.6 Å². The van der Waals surface area contributed by atoms with Crippen LogP contribution in [0.1, 0.15) is 27.9 Å². The second-order valence-electron chi connectivity index (χ2n) is 6.50. The van der Waals surface area contributed by atoms with E-state index in [1.807, 2.05) is 54.6 Å². The highest BCUT2D eigenvalue weighted by Crippen LogP contribution is 2.13. The smallest absolute Gasteiger partial charge is 0.185 e. The van der Waals surface area contributed by atoms with Crippen molar-refractivity contribution in [2.45, 2.75) is 13.0 Å². The normalized spacial score (nSPS) is 11.2. The molecule has 138 valence electrons. The predicted octanol–water partition coefficient (Wildman–Crippen LogP) is 3.63. The Hall–Kier alpha value is -2.43. The van der Waals surface area contributed by atoms with Crippen molar-refractivity contribution in [3.8, 4) is 5.75 Å². The Kier molecular flexibility index (Phi) is 8.06. The molecule has 4 heteroatoms. The van der Waals surface area contributed by atoms with E-state index >= 15 is 0 Å². The molecule has 0 atom stereocenters. The van der Waals surface area contributed by atoms with Crippen LogP contribution in [-0.4, -0.2) is 45.0 Å². The molecule has 0 radical (unpaired) electrons. The van der Waals surface area contributed by atoms with Crippen molar-refractivity contribution in [1.82, 2.24) is 10.2 Å². The molecule has 0 unspecified atom stereocenters. The maximum atomic E-state index is 12.3. The molecule has 0 amide bonds. The van der Waals surface area contributed by atoms with Gasteiger partial charge in [0.1, 0.15) is 5.75 Å². The number of benzene rings is 2. The van der Waals surface area contributed by atoms with Gasteiger partial charge in [0.15, 0.2) is 5.78 Å². The summed E-state index contributed by atoms with van der Waals surface area (Å²) >= 11 is 0. The zero-order chi connectivity index (χ0) is 18.8. The van der Waals surface area contributed by atoms with Crippen LogP contribution in [-0.2, 0) is 6.54 Å². The zero-order valence-corrected chi connectivity index (χ0v) is 15.9. The van der Waals surface area contributed by atoms with Crippen LogP contribution in [0.5, 0.6) is 5.75 Å². The Morgan fingerprint density at radius 2 is 1.77 bits per heavy atom. The fourth-order valence-electron chi connectivity index (χ4n) is 2.52. The van der Waals surface area contributed by atoms with E-state index in [2.05, 4.69) is 24.3 Å². The number of hydrogen-bond donors (Lipinski definition) is 1.